The Labute approximate surface area is 86.2 Å². The summed E-state index contributed by atoms with van der Waals surface area (Å²) in [4.78, 5) is 13.4. The first kappa shape index (κ1) is 11.2. The van der Waals surface area contributed by atoms with Crippen LogP contribution in [0.5, 0.6) is 0 Å². The number of likely N-dealkylation sites (N-methyl/N-ethyl adjacent to an activating group) is 1. The number of carbonyl (C=O) groups excluding carboxylic acids is 1. The predicted octanol–water partition coefficient (Wildman–Crippen LogP) is 1.02. The van der Waals surface area contributed by atoms with Crippen LogP contribution in [0.25, 0.3) is 0 Å². The molecule has 0 aromatic rings. The van der Waals surface area contributed by atoms with Crippen molar-refractivity contribution < 1.29 is 4.79 Å². The van der Waals surface area contributed by atoms with Crippen molar-refractivity contribution in [1.82, 2.24) is 10.2 Å². The van der Waals surface area contributed by atoms with E-state index in [1.807, 2.05) is 7.05 Å². The molecule has 0 bridgehead atoms. The lowest BCUT2D eigenvalue weighted by Crippen LogP contribution is -2.35. The molecule has 1 aliphatic heterocycles. The van der Waals surface area contributed by atoms with Crippen molar-refractivity contribution in [3.8, 4) is 0 Å². The van der Waals surface area contributed by atoms with E-state index >= 15 is 0 Å². The summed E-state index contributed by atoms with van der Waals surface area (Å²) in [7, 11) is 1.83. The largest absolute Gasteiger partial charge is 0.342 e. The summed E-state index contributed by atoms with van der Waals surface area (Å²) in [6.45, 7) is 6.37. The van der Waals surface area contributed by atoms with Gasteiger partial charge in [0.05, 0.1) is 0 Å². The normalized spacial score (nSPS) is 21.6. The van der Waals surface area contributed by atoms with E-state index in [0.717, 1.165) is 13.1 Å². The maximum atomic E-state index is 11.7. The van der Waals surface area contributed by atoms with E-state index in [4.69, 9.17) is 0 Å². The third-order valence-electron chi connectivity index (χ3n) is 2.69. The van der Waals surface area contributed by atoms with Gasteiger partial charge < -0.3 is 10.2 Å². The first-order valence-corrected chi connectivity index (χ1v) is 5.29. The highest BCUT2D eigenvalue weighted by atomic mass is 16.2. The van der Waals surface area contributed by atoms with Crippen LogP contribution in [0.15, 0.2) is 12.7 Å². The van der Waals surface area contributed by atoms with E-state index in [0.29, 0.717) is 18.9 Å². The summed E-state index contributed by atoms with van der Waals surface area (Å²) in [5, 5.41) is 3.32. The van der Waals surface area contributed by atoms with Gasteiger partial charge in [0.1, 0.15) is 0 Å². The van der Waals surface area contributed by atoms with Crippen LogP contribution in [0.4, 0.5) is 0 Å². The van der Waals surface area contributed by atoms with Crippen LogP contribution in [-0.2, 0) is 4.79 Å². The molecular weight excluding hydrogens is 176 g/mol. The van der Waals surface area contributed by atoms with E-state index in [1.165, 1.54) is 12.8 Å². The zero-order chi connectivity index (χ0) is 10.4. The van der Waals surface area contributed by atoms with Gasteiger partial charge in [-0.05, 0) is 31.8 Å². The van der Waals surface area contributed by atoms with Crippen LogP contribution in [0, 0.1) is 5.92 Å². The zero-order valence-corrected chi connectivity index (χ0v) is 8.96. The molecule has 14 heavy (non-hydrogen) atoms. The molecule has 1 unspecified atom stereocenters. The van der Waals surface area contributed by atoms with Crippen molar-refractivity contribution in [2.45, 2.75) is 19.3 Å². The van der Waals surface area contributed by atoms with Gasteiger partial charge in [-0.15, -0.1) is 6.58 Å². The highest BCUT2D eigenvalue weighted by Crippen LogP contribution is 2.14. The number of nitrogens with zero attached hydrogens (tertiary/aromatic N) is 1. The Hall–Kier alpha value is -0.830. The van der Waals surface area contributed by atoms with E-state index < -0.39 is 0 Å². The molecule has 1 N–H and O–H groups in total. The molecule has 1 amide bonds. The fourth-order valence-electron chi connectivity index (χ4n) is 1.80. The van der Waals surface area contributed by atoms with Crippen LogP contribution in [0.3, 0.4) is 0 Å². The summed E-state index contributed by atoms with van der Waals surface area (Å²) in [6.07, 6.45) is 4.82. The van der Waals surface area contributed by atoms with Crippen LogP contribution >= 0.6 is 0 Å². The molecule has 1 atom stereocenters. The first-order chi connectivity index (χ1) is 6.74. The average molecular weight is 196 g/mol. The topological polar surface area (TPSA) is 32.3 Å². The summed E-state index contributed by atoms with van der Waals surface area (Å²) >= 11 is 0. The quantitative estimate of drug-likeness (QED) is 0.681. The second-order valence-corrected chi connectivity index (χ2v) is 3.98. The summed E-state index contributed by atoms with van der Waals surface area (Å²) in [6, 6.07) is 0. The number of hydrogen-bond donors (Lipinski definition) is 1. The number of carbonyl (C=O) groups is 1. The van der Waals surface area contributed by atoms with Gasteiger partial charge in [-0.25, -0.2) is 0 Å². The number of hydrogen-bond acceptors (Lipinski definition) is 2. The summed E-state index contributed by atoms with van der Waals surface area (Å²) in [5.41, 5.74) is 0. The fourth-order valence-corrected chi connectivity index (χ4v) is 1.80. The number of rotatable bonds is 4. The Kier molecular flexibility index (Phi) is 4.66. The van der Waals surface area contributed by atoms with Gasteiger partial charge in [0.15, 0.2) is 0 Å². The molecule has 0 aromatic carbocycles. The van der Waals surface area contributed by atoms with E-state index in [2.05, 4.69) is 11.9 Å². The van der Waals surface area contributed by atoms with Gasteiger partial charge in [0.25, 0.3) is 0 Å². The molecule has 1 aliphatic rings. The zero-order valence-electron chi connectivity index (χ0n) is 8.96. The predicted molar refractivity (Wildman–Crippen MR) is 58.0 cm³/mol. The number of piperidine rings is 1. The molecule has 1 rings (SSSR count). The SMILES string of the molecule is C=CCN(C)C(=O)CC1CCCNC1. The second kappa shape index (κ2) is 5.81. The first-order valence-electron chi connectivity index (χ1n) is 5.29. The van der Waals surface area contributed by atoms with Gasteiger partial charge in [-0.3, -0.25) is 4.79 Å². The Balaban J connectivity index is 2.27. The van der Waals surface area contributed by atoms with Gasteiger partial charge >= 0.3 is 0 Å². The fraction of sp³-hybridized carbons (Fsp3) is 0.727. The maximum absolute atomic E-state index is 11.7. The molecule has 1 fully saturated rings. The minimum atomic E-state index is 0.235. The highest BCUT2D eigenvalue weighted by molar-refractivity contribution is 5.76. The monoisotopic (exact) mass is 196 g/mol. The third kappa shape index (κ3) is 3.50. The van der Waals surface area contributed by atoms with Crippen LogP contribution in [0.2, 0.25) is 0 Å². The Morgan fingerprint density at radius 1 is 1.71 bits per heavy atom. The van der Waals surface area contributed by atoms with Crippen molar-refractivity contribution in [2.75, 3.05) is 26.7 Å². The molecule has 3 nitrogen and oxygen atoms in total. The molecular formula is C11H20N2O. The van der Waals surface area contributed by atoms with Crippen molar-refractivity contribution in [1.29, 1.82) is 0 Å². The van der Waals surface area contributed by atoms with Gasteiger partial charge in [0.2, 0.25) is 5.91 Å². The van der Waals surface area contributed by atoms with Crippen molar-refractivity contribution in [2.24, 2.45) is 5.92 Å². The Bertz CT molecular complexity index is 197. The van der Waals surface area contributed by atoms with Gasteiger partial charge in [-0.1, -0.05) is 6.08 Å². The van der Waals surface area contributed by atoms with Gasteiger partial charge in [0, 0.05) is 20.0 Å². The van der Waals surface area contributed by atoms with Crippen molar-refractivity contribution in [3.05, 3.63) is 12.7 Å². The average Bonchev–Trinajstić information content (AvgIpc) is 2.19. The number of nitrogens with one attached hydrogen (secondary N) is 1. The molecule has 80 valence electrons. The summed E-state index contributed by atoms with van der Waals surface area (Å²) in [5.74, 6) is 0.766. The Morgan fingerprint density at radius 3 is 3.07 bits per heavy atom. The smallest absolute Gasteiger partial charge is 0.222 e. The van der Waals surface area contributed by atoms with Crippen molar-refractivity contribution in [3.63, 3.8) is 0 Å². The lowest BCUT2D eigenvalue weighted by molar-refractivity contribution is -0.130. The molecule has 0 saturated carbocycles. The molecule has 0 radical (unpaired) electrons. The van der Waals surface area contributed by atoms with E-state index in [-0.39, 0.29) is 5.91 Å². The minimum Gasteiger partial charge on any atom is -0.342 e. The molecule has 3 heteroatoms. The lowest BCUT2D eigenvalue weighted by Gasteiger charge is -2.24. The van der Waals surface area contributed by atoms with E-state index in [1.54, 1.807) is 11.0 Å². The molecule has 0 aromatic heterocycles. The summed E-state index contributed by atoms with van der Waals surface area (Å²) < 4.78 is 0. The van der Waals surface area contributed by atoms with Crippen molar-refractivity contribution >= 4 is 5.91 Å². The van der Waals surface area contributed by atoms with Crippen LogP contribution in [-0.4, -0.2) is 37.5 Å². The Morgan fingerprint density at radius 2 is 2.50 bits per heavy atom. The lowest BCUT2D eigenvalue weighted by atomic mass is 9.96. The van der Waals surface area contributed by atoms with Crippen LogP contribution < -0.4 is 5.32 Å². The molecule has 1 heterocycles. The van der Waals surface area contributed by atoms with Crippen LogP contribution in [0.1, 0.15) is 19.3 Å². The minimum absolute atomic E-state index is 0.235. The number of amides is 1. The highest BCUT2D eigenvalue weighted by Gasteiger charge is 2.18. The molecule has 0 aliphatic carbocycles. The third-order valence-corrected chi connectivity index (χ3v) is 2.69. The molecule has 0 spiro atoms. The standard InChI is InChI=1S/C11H20N2O/c1-3-7-13(2)11(14)8-10-5-4-6-12-9-10/h3,10,12H,1,4-9H2,2H3. The molecule has 1 saturated heterocycles. The van der Waals surface area contributed by atoms with E-state index in [9.17, 15) is 4.79 Å². The second-order valence-electron chi connectivity index (χ2n) is 3.98. The van der Waals surface area contributed by atoms with Gasteiger partial charge in [-0.2, -0.15) is 0 Å². The maximum Gasteiger partial charge on any atom is 0.222 e.